The van der Waals surface area contributed by atoms with Gasteiger partial charge in [-0.15, -0.1) is 0 Å². The average molecular weight is 377 g/mol. The molecule has 0 saturated heterocycles. The highest BCUT2D eigenvalue weighted by Crippen LogP contribution is 2.24. The normalized spacial score (nSPS) is 11.7. The maximum Gasteiger partial charge on any atom is 0.242 e. The van der Waals surface area contributed by atoms with Crippen molar-refractivity contribution in [1.82, 2.24) is 4.72 Å². The Bertz CT molecular complexity index is 496. The second-order valence-electron chi connectivity index (χ2n) is 3.27. The molecular formula is C10H12BrCl2NO3S. The van der Waals surface area contributed by atoms with Crippen molar-refractivity contribution in [3.63, 3.8) is 0 Å². The smallest absolute Gasteiger partial charge is 0.242 e. The van der Waals surface area contributed by atoms with Crippen LogP contribution < -0.4 is 4.72 Å². The Balaban J connectivity index is 2.66. The van der Waals surface area contributed by atoms with Crippen LogP contribution in [0, 0.1) is 0 Å². The lowest BCUT2D eigenvalue weighted by Crippen LogP contribution is -2.27. The summed E-state index contributed by atoms with van der Waals surface area (Å²) in [5.74, 6) is 0. The zero-order valence-corrected chi connectivity index (χ0v) is 13.2. The van der Waals surface area contributed by atoms with E-state index >= 15 is 0 Å². The molecular weight excluding hydrogens is 365 g/mol. The third-order valence-corrected chi connectivity index (χ3v) is 4.44. The molecule has 4 nitrogen and oxygen atoms in total. The van der Waals surface area contributed by atoms with Crippen LogP contribution in [0.15, 0.2) is 23.1 Å². The average Bonchev–Trinajstić information content (AvgIpc) is 2.32. The summed E-state index contributed by atoms with van der Waals surface area (Å²) in [6.07, 6.45) is 0. The van der Waals surface area contributed by atoms with E-state index in [9.17, 15) is 8.42 Å². The minimum Gasteiger partial charge on any atom is -0.379 e. The molecule has 0 amide bonds. The summed E-state index contributed by atoms with van der Waals surface area (Å²) in [7, 11) is -3.66. The van der Waals surface area contributed by atoms with E-state index in [0.29, 0.717) is 23.6 Å². The van der Waals surface area contributed by atoms with Gasteiger partial charge in [-0.25, -0.2) is 13.1 Å². The van der Waals surface area contributed by atoms with Crippen molar-refractivity contribution in [2.75, 3.05) is 25.1 Å². The van der Waals surface area contributed by atoms with Crippen molar-refractivity contribution in [3.05, 3.63) is 28.2 Å². The first-order valence-electron chi connectivity index (χ1n) is 5.06. The first-order valence-corrected chi connectivity index (χ1v) is 8.42. The van der Waals surface area contributed by atoms with Gasteiger partial charge in [0.2, 0.25) is 10.0 Å². The zero-order valence-electron chi connectivity index (χ0n) is 9.33. The van der Waals surface area contributed by atoms with Crippen LogP contribution in [0.25, 0.3) is 0 Å². The Labute approximate surface area is 125 Å². The van der Waals surface area contributed by atoms with Crippen molar-refractivity contribution in [2.45, 2.75) is 4.90 Å². The molecule has 1 N–H and O–H groups in total. The molecule has 1 aromatic rings. The molecule has 18 heavy (non-hydrogen) atoms. The molecule has 0 spiro atoms. The van der Waals surface area contributed by atoms with Crippen molar-refractivity contribution >= 4 is 49.2 Å². The summed E-state index contributed by atoms with van der Waals surface area (Å²) in [6, 6.07) is 4.29. The lowest BCUT2D eigenvalue weighted by molar-refractivity contribution is 0.156. The van der Waals surface area contributed by atoms with Crippen molar-refractivity contribution in [1.29, 1.82) is 0 Å². The minimum absolute atomic E-state index is 0.0304. The van der Waals surface area contributed by atoms with Gasteiger partial charge in [-0.05, 0) is 18.2 Å². The molecule has 0 atom stereocenters. The van der Waals surface area contributed by atoms with Crippen LogP contribution in [-0.4, -0.2) is 33.5 Å². The maximum absolute atomic E-state index is 11.9. The third-order valence-electron chi connectivity index (χ3n) is 1.94. The van der Waals surface area contributed by atoms with Crippen LogP contribution in [0.3, 0.4) is 0 Å². The summed E-state index contributed by atoms with van der Waals surface area (Å²) in [6.45, 7) is 1.00. The van der Waals surface area contributed by atoms with Gasteiger partial charge in [-0.2, -0.15) is 0 Å². The number of rotatable bonds is 7. The number of benzene rings is 1. The van der Waals surface area contributed by atoms with E-state index in [1.165, 1.54) is 18.2 Å². The number of sulfonamides is 1. The molecule has 0 aliphatic rings. The summed E-state index contributed by atoms with van der Waals surface area (Å²) in [4.78, 5) is -0.0304. The molecule has 1 rings (SSSR count). The largest absolute Gasteiger partial charge is 0.379 e. The third kappa shape index (κ3) is 5.03. The molecule has 0 radical (unpaired) electrons. The Morgan fingerprint density at radius 3 is 2.67 bits per heavy atom. The van der Waals surface area contributed by atoms with Gasteiger partial charge in [0.1, 0.15) is 4.90 Å². The van der Waals surface area contributed by atoms with E-state index in [4.69, 9.17) is 27.9 Å². The van der Waals surface area contributed by atoms with E-state index < -0.39 is 10.0 Å². The van der Waals surface area contributed by atoms with Crippen LogP contribution in [0.4, 0.5) is 0 Å². The fourth-order valence-electron chi connectivity index (χ4n) is 1.17. The van der Waals surface area contributed by atoms with Crippen LogP contribution in [0.2, 0.25) is 10.0 Å². The standard InChI is InChI=1S/C10H12BrCl2NO3S/c11-3-5-17-6-4-14-18(15,16)10-7-8(12)1-2-9(10)13/h1-2,7,14H,3-6H2. The first kappa shape index (κ1) is 16.2. The van der Waals surface area contributed by atoms with E-state index in [1.54, 1.807) is 0 Å². The monoisotopic (exact) mass is 375 g/mol. The molecule has 0 aromatic heterocycles. The Kier molecular flexibility index (Phi) is 6.90. The molecule has 0 aliphatic carbocycles. The molecule has 0 fully saturated rings. The van der Waals surface area contributed by atoms with E-state index in [2.05, 4.69) is 20.7 Å². The lowest BCUT2D eigenvalue weighted by atomic mass is 10.4. The van der Waals surface area contributed by atoms with E-state index in [0.717, 1.165) is 0 Å². The molecule has 0 aliphatic heterocycles. The van der Waals surface area contributed by atoms with Crippen molar-refractivity contribution in [2.24, 2.45) is 0 Å². The fourth-order valence-corrected chi connectivity index (χ4v) is 3.17. The second-order valence-corrected chi connectivity index (χ2v) is 6.65. The molecule has 0 bridgehead atoms. The van der Waals surface area contributed by atoms with Gasteiger partial charge in [-0.3, -0.25) is 0 Å². The molecule has 0 unspecified atom stereocenters. The predicted octanol–water partition coefficient (Wildman–Crippen LogP) is 2.68. The van der Waals surface area contributed by atoms with Gasteiger partial charge in [0.15, 0.2) is 0 Å². The van der Waals surface area contributed by atoms with Crippen LogP contribution in [-0.2, 0) is 14.8 Å². The van der Waals surface area contributed by atoms with E-state index in [1.807, 2.05) is 0 Å². The van der Waals surface area contributed by atoms with Crippen LogP contribution >= 0.6 is 39.1 Å². The topological polar surface area (TPSA) is 55.4 Å². The Morgan fingerprint density at radius 1 is 1.28 bits per heavy atom. The summed E-state index contributed by atoms with van der Waals surface area (Å²) in [5.41, 5.74) is 0. The summed E-state index contributed by atoms with van der Waals surface area (Å²) >= 11 is 14.8. The molecule has 0 saturated carbocycles. The fraction of sp³-hybridized carbons (Fsp3) is 0.400. The number of hydrogen-bond donors (Lipinski definition) is 1. The highest BCUT2D eigenvalue weighted by Gasteiger charge is 2.17. The lowest BCUT2D eigenvalue weighted by Gasteiger charge is -2.08. The van der Waals surface area contributed by atoms with Crippen LogP contribution in [0.5, 0.6) is 0 Å². The number of halogens is 3. The molecule has 8 heteroatoms. The molecule has 0 heterocycles. The summed E-state index contributed by atoms with van der Waals surface area (Å²) < 4.78 is 31.4. The minimum atomic E-state index is -3.66. The number of hydrogen-bond acceptors (Lipinski definition) is 3. The molecule has 1 aromatic carbocycles. The quantitative estimate of drug-likeness (QED) is 0.587. The van der Waals surface area contributed by atoms with Gasteiger partial charge in [0, 0.05) is 16.9 Å². The van der Waals surface area contributed by atoms with Crippen molar-refractivity contribution < 1.29 is 13.2 Å². The van der Waals surface area contributed by atoms with Crippen LogP contribution in [0.1, 0.15) is 0 Å². The summed E-state index contributed by atoms with van der Waals surface area (Å²) in [5, 5.41) is 1.16. The zero-order chi connectivity index (χ0) is 13.6. The predicted molar refractivity (Wildman–Crippen MR) is 76.3 cm³/mol. The van der Waals surface area contributed by atoms with Crippen molar-refractivity contribution in [3.8, 4) is 0 Å². The number of alkyl halides is 1. The Hall–Kier alpha value is 0.150. The Morgan fingerprint density at radius 2 is 2.00 bits per heavy atom. The number of ether oxygens (including phenoxy) is 1. The van der Waals surface area contributed by atoms with Gasteiger partial charge >= 0.3 is 0 Å². The second kappa shape index (κ2) is 7.67. The number of nitrogens with one attached hydrogen (secondary N) is 1. The van der Waals surface area contributed by atoms with Gasteiger partial charge < -0.3 is 4.74 Å². The highest BCUT2D eigenvalue weighted by molar-refractivity contribution is 9.09. The molecule has 102 valence electrons. The first-order chi connectivity index (χ1) is 8.47. The van der Waals surface area contributed by atoms with Gasteiger partial charge in [0.25, 0.3) is 0 Å². The van der Waals surface area contributed by atoms with Gasteiger partial charge in [-0.1, -0.05) is 39.1 Å². The highest BCUT2D eigenvalue weighted by atomic mass is 79.9. The maximum atomic E-state index is 11.9. The van der Waals surface area contributed by atoms with Gasteiger partial charge in [0.05, 0.1) is 18.2 Å². The van der Waals surface area contributed by atoms with E-state index in [-0.39, 0.29) is 16.5 Å². The SMILES string of the molecule is O=S(=O)(NCCOCCBr)c1cc(Cl)ccc1Cl.